The number of aliphatic hydroxyl groups excluding tert-OH is 1. The summed E-state index contributed by atoms with van der Waals surface area (Å²) in [6.45, 7) is 0. The first-order chi connectivity index (χ1) is 15.0. The summed E-state index contributed by atoms with van der Waals surface area (Å²) < 4.78 is 1.79. The predicted molar refractivity (Wildman–Crippen MR) is 125 cm³/mol. The number of Topliss-reactive ketones (excluding diaryl/α,β-unsaturated/α-hetero) is 1. The molecule has 1 aliphatic rings. The summed E-state index contributed by atoms with van der Waals surface area (Å²) in [5, 5.41) is 11.5. The summed E-state index contributed by atoms with van der Waals surface area (Å²) in [7, 11) is 0. The number of halogens is 1. The van der Waals surface area contributed by atoms with Gasteiger partial charge in [0.2, 0.25) is 0 Å². The zero-order chi connectivity index (χ0) is 21.5. The first-order valence-corrected chi connectivity index (χ1v) is 11.1. The van der Waals surface area contributed by atoms with Gasteiger partial charge in [0, 0.05) is 10.0 Å². The SMILES string of the molecule is O=C1C(=O)N(c2nc3ccccc3s2)[C@@H](c2ccc(Br)cc2)C1=C(O)c1ccccc1. The van der Waals surface area contributed by atoms with Crippen molar-refractivity contribution in [2.45, 2.75) is 6.04 Å². The molecule has 1 amide bonds. The first-order valence-electron chi connectivity index (χ1n) is 9.52. The molecule has 7 heteroatoms. The van der Waals surface area contributed by atoms with Crippen LogP contribution < -0.4 is 4.90 Å². The van der Waals surface area contributed by atoms with Crippen molar-refractivity contribution in [2.75, 3.05) is 4.90 Å². The van der Waals surface area contributed by atoms with E-state index in [1.807, 2.05) is 54.6 Å². The average molecular weight is 491 g/mol. The van der Waals surface area contributed by atoms with Crippen LogP contribution in [0.5, 0.6) is 0 Å². The third-order valence-corrected chi connectivity index (χ3v) is 6.73. The standard InChI is InChI=1S/C24H15BrN2O3S/c25-16-12-10-14(11-13-16)20-19(21(28)15-6-2-1-3-7-15)22(29)23(30)27(20)24-26-17-8-4-5-9-18(17)31-24/h1-13,20,28H/t20-/m0/s1. The Morgan fingerprint density at radius 1 is 0.935 bits per heavy atom. The van der Waals surface area contributed by atoms with Crippen LogP contribution in [0.3, 0.4) is 0 Å². The van der Waals surface area contributed by atoms with Gasteiger partial charge in [-0.1, -0.05) is 81.9 Å². The molecule has 31 heavy (non-hydrogen) atoms. The lowest BCUT2D eigenvalue weighted by atomic mass is 9.95. The third-order valence-electron chi connectivity index (χ3n) is 5.17. The number of rotatable bonds is 3. The van der Waals surface area contributed by atoms with Crippen LogP contribution in [0.1, 0.15) is 17.2 Å². The molecule has 0 radical (unpaired) electrons. The largest absolute Gasteiger partial charge is 0.507 e. The van der Waals surface area contributed by atoms with Crippen LogP contribution in [0.4, 0.5) is 5.13 Å². The average Bonchev–Trinajstić information content (AvgIpc) is 3.33. The normalized spacial score (nSPS) is 18.1. The van der Waals surface area contributed by atoms with E-state index in [1.54, 1.807) is 24.3 Å². The molecule has 4 aromatic rings. The maximum Gasteiger partial charge on any atom is 0.301 e. The first kappa shape index (κ1) is 19.7. The molecule has 0 aliphatic carbocycles. The molecule has 1 aliphatic heterocycles. The summed E-state index contributed by atoms with van der Waals surface area (Å²) in [5.74, 6) is -1.63. The second kappa shape index (κ2) is 7.76. The smallest absolute Gasteiger partial charge is 0.301 e. The fourth-order valence-electron chi connectivity index (χ4n) is 3.70. The van der Waals surface area contributed by atoms with Crippen molar-refractivity contribution in [1.29, 1.82) is 0 Å². The molecule has 1 atom stereocenters. The van der Waals surface area contributed by atoms with E-state index in [2.05, 4.69) is 20.9 Å². The highest BCUT2D eigenvalue weighted by Gasteiger charge is 2.48. The van der Waals surface area contributed by atoms with Crippen molar-refractivity contribution >= 4 is 60.1 Å². The maximum atomic E-state index is 13.2. The van der Waals surface area contributed by atoms with E-state index in [0.29, 0.717) is 16.3 Å². The molecule has 0 bridgehead atoms. The molecule has 152 valence electrons. The van der Waals surface area contributed by atoms with Gasteiger partial charge in [-0.05, 0) is 29.8 Å². The van der Waals surface area contributed by atoms with Gasteiger partial charge in [-0.25, -0.2) is 4.98 Å². The van der Waals surface area contributed by atoms with Gasteiger partial charge in [0.15, 0.2) is 5.13 Å². The highest BCUT2D eigenvalue weighted by molar-refractivity contribution is 9.10. The number of carbonyl (C=O) groups excluding carboxylic acids is 2. The lowest BCUT2D eigenvalue weighted by molar-refractivity contribution is -0.132. The highest BCUT2D eigenvalue weighted by Crippen LogP contribution is 2.44. The lowest BCUT2D eigenvalue weighted by Gasteiger charge is -2.23. The molecule has 0 spiro atoms. The number of hydrogen-bond donors (Lipinski definition) is 1. The molecule has 0 unspecified atom stereocenters. The Kier molecular flexibility index (Phi) is 4.92. The van der Waals surface area contributed by atoms with E-state index >= 15 is 0 Å². The lowest BCUT2D eigenvalue weighted by Crippen LogP contribution is -2.29. The highest BCUT2D eigenvalue weighted by atomic mass is 79.9. The second-order valence-corrected chi connectivity index (χ2v) is 8.98. The summed E-state index contributed by atoms with van der Waals surface area (Å²) in [6, 6.07) is 22.9. The minimum Gasteiger partial charge on any atom is -0.507 e. The molecular weight excluding hydrogens is 476 g/mol. The Labute approximate surface area is 190 Å². The number of para-hydroxylation sites is 1. The third kappa shape index (κ3) is 3.36. The van der Waals surface area contributed by atoms with Crippen LogP contribution in [0.15, 0.2) is 88.9 Å². The summed E-state index contributed by atoms with van der Waals surface area (Å²) in [6.07, 6.45) is 0. The fourth-order valence-corrected chi connectivity index (χ4v) is 4.96. The number of nitrogens with zero attached hydrogens (tertiary/aromatic N) is 2. The second-order valence-electron chi connectivity index (χ2n) is 7.05. The van der Waals surface area contributed by atoms with E-state index in [-0.39, 0.29) is 11.3 Å². The Morgan fingerprint density at radius 2 is 1.61 bits per heavy atom. The number of thiazole rings is 1. The summed E-state index contributed by atoms with van der Waals surface area (Å²) in [4.78, 5) is 32.3. The molecule has 2 heterocycles. The molecule has 1 saturated heterocycles. The van der Waals surface area contributed by atoms with Gasteiger partial charge in [-0.2, -0.15) is 0 Å². The van der Waals surface area contributed by atoms with Crippen molar-refractivity contribution in [1.82, 2.24) is 4.98 Å². The van der Waals surface area contributed by atoms with Gasteiger partial charge in [0.1, 0.15) is 5.76 Å². The van der Waals surface area contributed by atoms with Crippen molar-refractivity contribution in [3.8, 4) is 0 Å². The fraction of sp³-hybridized carbons (Fsp3) is 0.0417. The molecule has 3 aromatic carbocycles. The van der Waals surface area contributed by atoms with E-state index in [1.165, 1.54) is 16.2 Å². The maximum absolute atomic E-state index is 13.2. The minimum absolute atomic E-state index is 0.0535. The molecule has 1 fully saturated rings. The quantitative estimate of drug-likeness (QED) is 0.227. The Bertz CT molecular complexity index is 1310. The van der Waals surface area contributed by atoms with Crippen molar-refractivity contribution < 1.29 is 14.7 Å². The Morgan fingerprint density at radius 3 is 2.32 bits per heavy atom. The number of benzene rings is 3. The van der Waals surface area contributed by atoms with E-state index in [4.69, 9.17) is 0 Å². The van der Waals surface area contributed by atoms with Gasteiger partial charge in [-0.3, -0.25) is 14.5 Å². The molecule has 0 saturated carbocycles. The van der Waals surface area contributed by atoms with Crippen LogP contribution in [0, 0.1) is 0 Å². The molecule has 1 aromatic heterocycles. The van der Waals surface area contributed by atoms with Gasteiger partial charge in [0.25, 0.3) is 5.78 Å². The molecule has 1 N–H and O–H groups in total. The van der Waals surface area contributed by atoms with E-state index in [9.17, 15) is 14.7 Å². The molecule has 5 nitrogen and oxygen atoms in total. The van der Waals surface area contributed by atoms with Gasteiger partial charge in [-0.15, -0.1) is 0 Å². The number of aliphatic hydroxyl groups is 1. The number of amides is 1. The van der Waals surface area contributed by atoms with Crippen LogP contribution in [0.25, 0.3) is 16.0 Å². The number of carbonyl (C=O) groups is 2. The van der Waals surface area contributed by atoms with Gasteiger partial charge in [0.05, 0.1) is 21.8 Å². The molecular formula is C24H15BrN2O3S. The number of aromatic nitrogens is 1. The van der Waals surface area contributed by atoms with E-state index in [0.717, 1.165) is 14.7 Å². The number of hydrogen-bond acceptors (Lipinski definition) is 5. The minimum atomic E-state index is -0.783. The Hall–Kier alpha value is -3.29. The summed E-state index contributed by atoms with van der Waals surface area (Å²) in [5.41, 5.74) is 1.99. The van der Waals surface area contributed by atoms with Gasteiger partial charge < -0.3 is 5.11 Å². The predicted octanol–water partition coefficient (Wildman–Crippen LogP) is 5.69. The topological polar surface area (TPSA) is 70.5 Å². The number of ketones is 1. The van der Waals surface area contributed by atoms with Crippen LogP contribution >= 0.6 is 27.3 Å². The van der Waals surface area contributed by atoms with Crippen LogP contribution in [-0.2, 0) is 9.59 Å². The zero-order valence-electron chi connectivity index (χ0n) is 16.0. The van der Waals surface area contributed by atoms with Crippen molar-refractivity contribution in [3.63, 3.8) is 0 Å². The molecule has 5 rings (SSSR count). The van der Waals surface area contributed by atoms with E-state index < -0.39 is 17.7 Å². The number of fused-ring (bicyclic) bond motifs is 1. The summed E-state index contributed by atoms with van der Waals surface area (Å²) >= 11 is 4.76. The monoisotopic (exact) mass is 490 g/mol. The zero-order valence-corrected chi connectivity index (χ0v) is 18.4. The van der Waals surface area contributed by atoms with Crippen LogP contribution in [-0.4, -0.2) is 21.8 Å². The van der Waals surface area contributed by atoms with Gasteiger partial charge >= 0.3 is 5.91 Å². The van der Waals surface area contributed by atoms with Crippen LogP contribution in [0.2, 0.25) is 0 Å². The van der Waals surface area contributed by atoms with Crippen molar-refractivity contribution in [2.24, 2.45) is 0 Å². The Balaban J connectivity index is 1.74. The van der Waals surface area contributed by atoms with Crippen molar-refractivity contribution in [3.05, 3.63) is 100 Å². The number of anilines is 1.